The van der Waals surface area contributed by atoms with Crippen molar-refractivity contribution in [2.45, 2.75) is 19.9 Å². The monoisotopic (exact) mass is 468 g/mol. The third kappa shape index (κ3) is 4.51. The van der Waals surface area contributed by atoms with Crippen molar-refractivity contribution in [1.82, 2.24) is 20.1 Å². The lowest BCUT2D eigenvalue weighted by atomic mass is 10.1. The number of carbonyl (C=O) groups excluding carboxylic acids is 2. The molecule has 1 N–H and O–H groups in total. The Balaban J connectivity index is 1.52. The van der Waals surface area contributed by atoms with Crippen LogP contribution in [0.4, 0.5) is 0 Å². The van der Waals surface area contributed by atoms with Crippen molar-refractivity contribution < 1.29 is 14.3 Å². The van der Waals surface area contributed by atoms with Gasteiger partial charge in [0.15, 0.2) is 12.3 Å². The van der Waals surface area contributed by atoms with Gasteiger partial charge in [0.2, 0.25) is 0 Å². The lowest BCUT2D eigenvalue weighted by Crippen LogP contribution is -2.31. The first-order valence-electron chi connectivity index (χ1n) is 9.93. The molecule has 0 fully saturated rings. The van der Waals surface area contributed by atoms with Gasteiger partial charge in [0, 0.05) is 12.1 Å². The molecule has 4 rings (SSSR count). The summed E-state index contributed by atoms with van der Waals surface area (Å²) in [5, 5.41) is 10.4. The van der Waals surface area contributed by atoms with Crippen LogP contribution in [0.15, 0.2) is 47.8 Å². The quantitative estimate of drug-likeness (QED) is 0.415. The topological polar surface area (TPSA) is 86.1 Å². The van der Waals surface area contributed by atoms with Crippen molar-refractivity contribution >= 4 is 45.8 Å². The molecule has 0 aliphatic rings. The van der Waals surface area contributed by atoms with E-state index in [4.69, 9.17) is 16.3 Å². The van der Waals surface area contributed by atoms with Crippen molar-refractivity contribution in [3.63, 3.8) is 0 Å². The van der Waals surface area contributed by atoms with Crippen LogP contribution in [0.25, 0.3) is 21.6 Å². The Morgan fingerprint density at radius 1 is 1.25 bits per heavy atom. The number of nitrogens with one attached hydrogen (secondary N) is 1. The van der Waals surface area contributed by atoms with Crippen LogP contribution in [0.1, 0.15) is 34.6 Å². The Kier molecular flexibility index (Phi) is 6.25. The maximum absolute atomic E-state index is 13.0. The molecule has 1 unspecified atom stereocenters. The highest BCUT2D eigenvalue weighted by Crippen LogP contribution is 2.29. The van der Waals surface area contributed by atoms with Gasteiger partial charge in [0.25, 0.3) is 5.91 Å². The molecule has 0 aliphatic carbocycles. The van der Waals surface area contributed by atoms with Gasteiger partial charge in [-0.3, -0.25) is 9.48 Å². The van der Waals surface area contributed by atoms with Crippen molar-refractivity contribution in [3.8, 4) is 10.6 Å². The number of nitrogens with zero attached hydrogens (tertiary/aromatic N) is 3. The van der Waals surface area contributed by atoms with E-state index in [0.717, 1.165) is 10.4 Å². The molecular weight excluding hydrogens is 448 g/mol. The molecule has 0 radical (unpaired) electrons. The molecule has 1 atom stereocenters. The van der Waals surface area contributed by atoms with Gasteiger partial charge in [-0.05, 0) is 49.1 Å². The second-order valence-electron chi connectivity index (χ2n) is 7.36. The summed E-state index contributed by atoms with van der Waals surface area (Å²) >= 11 is 7.43. The molecule has 0 aliphatic heterocycles. The maximum Gasteiger partial charge on any atom is 0.339 e. The minimum atomic E-state index is -0.597. The van der Waals surface area contributed by atoms with E-state index in [2.05, 4.69) is 15.4 Å². The second-order valence-corrected chi connectivity index (χ2v) is 8.74. The zero-order valence-electron chi connectivity index (χ0n) is 17.8. The normalized spacial score (nSPS) is 12.0. The largest absolute Gasteiger partial charge is 0.452 e. The van der Waals surface area contributed by atoms with Gasteiger partial charge in [-0.1, -0.05) is 29.8 Å². The molecule has 0 saturated heterocycles. The van der Waals surface area contributed by atoms with Crippen LogP contribution in [-0.4, -0.2) is 33.2 Å². The summed E-state index contributed by atoms with van der Waals surface area (Å²) in [6.45, 7) is 3.27. The first kappa shape index (κ1) is 22.0. The van der Waals surface area contributed by atoms with Gasteiger partial charge in [0.1, 0.15) is 0 Å². The predicted molar refractivity (Wildman–Crippen MR) is 125 cm³/mol. The number of hydrogen-bond donors (Lipinski definition) is 1. The average molecular weight is 469 g/mol. The van der Waals surface area contributed by atoms with E-state index >= 15 is 0 Å². The van der Waals surface area contributed by atoms with Crippen LogP contribution in [0.5, 0.6) is 0 Å². The number of rotatable bonds is 6. The first-order chi connectivity index (χ1) is 15.3. The Morgan fingerprint density at radius 2 is 2.00 bits per heavy atom. The third-order valence-electron chi connectivity index (χ3n) is 5.04. The van der Waals surface area contributed by atoms with E-state index in [1.165, 1.54) is 11.3 Å². The summed E-state index contributed by atoms with van der Waals surface area (Å²) in [4.78, 5) is 30.9. The molecule has 0 spiro atoms. The second kappa shape index (κ2) is 9.10. The molecule has 9 heteroatoms. The van der Waals surface area contributed by atoms with Gasteiger partial charge < -0.3 is 10.1 Å². The number of hydrogen-bond acceptors (Lipinski definition) is 6. The highest BCUT2D eigenvalue weighted by Gasteiger charge is 2.21. The standard InChI is InChI=1S/C23H21ClN4O3S/c1-13(15-6-8-16(24)9-7-15)25-20(29)12-31-23(30)17-11-18(19-5-4-10-32-19)26-22-21(17)14(2)27-28(22)3/h4-11,13H,12H2,1-3H3,(H,25,29). The van der Waals surface area contributed by atoms with E-state index in [9.17, 15) is 9.59 Å². The van der Waals surface area contributed by atoms with E-state index in [0.29, 0.717) is 33.0 Å². The highest BCUT2D eigenvalue weighted by molar-refractivity contribution is 7.13. The number of amides is 1. The van der Waals surface area contributed by atoms with Crippen molar-refractivity contribution in [2.75, 3.05) is 6.61 Å². The van der Waals surface area contributed by atoms with E-state index in [-0.39, 0.29) is 6.04 Å². The molecule has 32 heavy (non-hydrogen) atoms. The molecule has 1 aromatic carbocycles. The smallest absolute Gasteiger partial charge is 0.339 e. The van der Waals surface area contributed by atoms with Gasteiger partial charge in [-0.25, -0.2) is 9.78 Å². The van der Waals surface area contributed by atoms with Crippen LogP contribution in [0.2, 0.25) is 5.02 Å². The zero-order valence-corrected chi connectivity index (χ0v) is 19.3. The van der Waals surface area contributed by atoms with Gasteiger partial charge in [0.05, 0.1) is 33.3 Å². The molecule has 3 aromatic heterocycles. The predicted octanol–water partition coefficient (Wildman–Crippen LogP) is 4.69. The minimum absolute atomic E-state index is 0.253. The number of esters is 1. The number of benzene rings is 1. The molecule has 164 valence electrons. The molecular formula is C23H21ClN4O3S. The van der Waals surface area contributed by atoms with Crippen molar-refractivity contribution in [3.05, 3.63) is 69.7 Å². The van der Waals surface area contributed by atoms with Gasteiger partial charge in [-0.15, -0.1) is 11.3 Å². The lowest BCUT2D eigenvalue weighted by Gasteiger charge is -2.14. The minimum Gasteiger partial charge on any atom is -0.452 e. The molecule has 4 aromatic rings. The Bertz CT molecular complexity index is 1280. The van der Waals surface area contributed by atoms with Crippen molar-refractivity contribution in [1.29, 1.82) is 0 Å². The Hall–Kier alpha value is -3.23. The fourth-order valence-corrected chi connectivity index (χ4v) is 4.30. The fraction of sp³-hybridized carbons (Fsp3) is 0.217. The summed E-state index contributed by atoms with van der Waals surface area (Å²) in [7, 11) is 1.78. The van der Waals surface area contributed by atoms with Crippen LogP contribution >= 0.6 is 22.9 Å². The Morgan fingerprint density at radius 3 is 2.69 bits per heavy atom. The summed E-state index contributed by atoms with van der Waals surface area (Å²) in [6.07, 6.45) is 0. The van der Waals surface area contributed by atoms with Crippen LogP contribution in [0, 0.1) is 6.92 Å². The van der Waals surface area contributed by atoms with Crippen LogP contribution < -0.4 is 5.32 Å². The number of pyridine rings is 1. The maximum atomic E-state index is 13.0. The van der Waals surface area contributed by atoms with Gasteiger partial charge in [-0.2, -0.15) is 5.10 Å². The summed E-state index contributed by atoms with van der Waals surface area (Å²) < 4.78 is 6.99. The van der Waals surface area contributed by atoms with Gasteiger partial charge >= 0.3 is 5.97 Å². The summed E-state index contributed by atoms with van der Waals surface area (Å²) in [5.41, 5.74) is 3.14. The number of carbonyl (C=O) groups is 2. The van der Waals surface area contributed by atoms with E-state index < -0.39 is 18.5 Å². The fourth-order valence-electron chi connectivity index (χ4n) is 3.48. The molecule has 7 nitrogen and oxygen atoms in total. The number of fused-ring (bicyclic) bond motifs is 1. The molecule has 0 saturated carbocycles. The summed E-state index contributed by atoms with van der Waals surface area (Å²) in [6, 6.07) is 12.5. The first-order valence-corrected chi connectivity index (χ1v) is 11.2. The third-order valence-corrected chi connectivity index (χ3v) is 6.19. The average Bonchev–Trinajstić information content (AvgIpc) is 3.40. The summed E-state index contributed by atoms with van der Waals surface area (Å²) in [5.74, 6) is -0.993. The Labute approximate surface area is 194 Å². The molecule has 1 amide bonds. The molecule has 3 heterocycles. The number of aryl methyl sites for hydroxylation is 2. The number of aromatic nitrogens is 3. The molecule has 0 bridgehead atoms. The van der Waals surface area contributed by atoms with E-state index in [1.54, 1.807) is 29.9 Å². The lowest BCUT2D eigenvalue weighted by molar-refractivity contribution is -0.124. The number of halogens is 1. The zero-order chi connectivity index (χ0) is 22.8. The van der Waals surface area contributed by atoms with E-state index in [1.807, 2.05) is 43.5 Å². The number of ether oxygens (including phenoxy) is 1. The SMILES string of the molecule is Cc1nn(C)c2nc(-c3cccs3)cc(C(=O)OCC(=O)NC(C)c3ccc(Cl)cc3)c12. The van der Waals surface area contributed by atoms with Crippen molar-refractivity contribution in [2.24, 2.45) is 7.05 Å². The van der Waals surface area contributed by atoms with Crippen LogP contribution in [-0.2, 0) is 16.6 Å². The van der Waals surface area contributed by atoms with Crippen LogP contribution in [0.3, 0.4) is 0 Å². The highest BCUT2D eigenvalue weighted by atomic mass is 35.5. The number of thiophene rings is 1.